The maximum atomic E-state index is 15.5. The predicted molar refractivity (Wildman–Crippen MR) is 185 cm³/mol. The number of aromatic nitrogens is 4. The molecule has 0 bridgehead atoms. The minimum absolute atomic E-state index is 0.0820. The summed E-state index contributed by atoms with van der Waals surface area (Å²) >= 11 is 0. The molecule has 1 saturated carbocycles. The number of rotatable bonds is 8. The van der Waals surface area contributed by atoms with Crippen LogP contribution >= 0.6 is 0 Å². The van der Waals surface area contributed by atoms with E-state index in [-0.39, 0.29) is 31.1 Å². The van der Waals surface area contributed by atoms with Crippen LogP contribution in [-0.4, -0.2) is 99.3 Å². The molecule has 0 unspecified atom stereocenters. The molecule has 50 heavy (non-hydrogen) atoms. The molecular weight excluding hydrogens is 637 g/mol. The first-order valence-corrected chi connectivity index (χ1v) is 17.4. The number of hydrogen-bond acceptors (Lipinski definition) is 9. The highest BCUT2D eigenvalue weighted by atomic mass is 19.1. The SMILES string of the molecule is O=C1c2c(F)cc(C3CC3)cc2OCCN1c1cccc(-c2ncnc3[nH]c(-c4ccc(CN5CCN(C6COC6)CC5)cn4)cc23)c1CO. The number of amides is 1. The van der Waals surface area contributed by atoms with Crippen molar-refractivity contribution in [1.29, 1.82) is 0 Å². The fourth-order valence-electron chi connectivity index (χ4n) is 7.45. The third-order valence-electron chi connectivity index (χ3n) is 10.5. The van der Waals surface area contributed by atoms with Crippen LogP contribution in [0, 0.1) is 5.82 Å². The number of nitrogens with one attached hydrogen (secondary N) is 1. The summed E-state index contributed by atoms with van der Waals surface area (Å²) in [5.41, 5.74) is 6.40. The molecule has 3 aliphatic heterocycles. The van der Waals surface area contributed by atoms with E-state index in [0.717, 1.165) is 86.7 Å². The lowest BCUT2D eigenvalue weighted by Gasteiger charge is -2.42. The lowest BCUT2D eigenvalue weighted by atomic mass is 9.99. The Kier molecular flexibility index (Phi) is 8.03. The summed E-state index contributed by atoms with van der Waals surface area (Å²) in [7, 11) is 0. The van der Waals surface area contributed by atoms with Gasteiger partial charge in [-0.2, -0.15) is 0 Å². The lowest BCUT2D eigenvalue weighted by Crippen LogP contribution is -2.56. The number of fused-ring (bicyclic) bond motifs is 2. The third kappa shape index (κ3) is 5.71. The Bertz CT molecular complexity index is 2070. The van der Waals surface area contributed by atoms with Crippen LogP contribution in [0.4, 0.5) is 10.1 Å². The fourth-order valence-corrected chi connectivity index (χ4v) is 7.45. The number of piperazine rings is 1. The second-order valence-electron chi connectivity index (χ2n) is 13.6. The number of anilines is 1. The summed E-state index contributed by atoms with van der Waals surface area (Å²) in [6, 6.07) is 15.4. The third-order valence-corrected chi connectivity index (χ3v) is 10.5. The van der Waals surface area contributed by atoms with Crippen LogP contribution in [0.1, 0.15) is 45.8 Å². The van der Waals surface area contributed by atoms with E-state index < -0.39 is 11.7 Å². The molecule has 2 aromatic carbocycles. The number of aromatic amines is 1. The molecule has 256 valence electrons. The smallest absolute Gasteiger partial charge is 0.265 e. The van der Waals surface area contributed by atoms with Crippen molar-refractivity contribution in [3.05, 3.63) is 89.1 Å². The van der Waals surface area contributed by atoms with Gasteiger partial charge in [-0.15, -0.1) is 0 Å². The zero-order chi connectivity index (χ0) is 33.8. The van der Waals surface area contributed by atoms with Crippen LogP contribution < -0.4 is 9.64 Å². The number of carbonyl (C=O) groups is 1. The van der Waals surface area contributed by atoms with Gasteiger partial charge in [-0.25, -0.2) is 14.4 Å². The highest BCUT2D eigenvalue weighted by Crippen LogP contribution is 2.43. The first-order chi connectivity index (χ1) is 24.5. The average Bonchev–Trinajstić information content (AvgIpc) is 3.90. The van der Waals surface area contributed by atoms with Crippen molar-refractivity contribution in [2.24, 2.45) is 0 Å². The van der Waals surface area contributed by atoms with Gasteiger partial charge < -0.3 is 24.5 Å². The van der Waals surface area contributed by atoms with Crippen molar-refractivity contribution in [2.45, 2.75) is 38.0 Å². The largest absolute Gasteiger partial charge is 0.491 e. The minimum Gasteiger partial charge on any atom is -0.491 e. The highest BCUT2D eigenvalue weighted by molar-refractivity contribution is 6.09. The van der Waals surface area contributed by atoms with Crippen LogP contribution in [0.2, 0.25) is 0 Å². The van der Waals surface area contributed by atoms with Crippen molar-refractivity contribution >= 4 is 22.6 Å². The van der Waals surface area contributed by atoms with Gasteiger partial charge in [0.2, 0.25) is 0 Å². The van der Waals surface area contributed by atoms with E-state index in [4.69, 9.17) is 14.5 Å². The molecule has 1 amide bonds. The Morgan fingerprint density at radius 2 is 1.84 bits per heavy atom. The van der Waals surface area contributed by atoms with Crippen LogP contribution in [0.5, 0.6) is 5.75 Å². The van der Waals surface area contributed by atoms with E-state index in [1.165, 1.54) is 17.3 Å². The van der Waals surface area contributed by atoms with Crippen molar-refractivity contribution in [3.8, 4) is 28.4 Å². The Morgan fingerprint density at radius 3 is 2.58 bits per heavy atom. The zero-order valence-corrected chi connectivity index (χ0v) is 27.6. The van der Waals surface area contributed by atoms with Gasteiger partial charge in [-0.05, 0) is 60.2 Å². The maximum absolute atomic E-state index is 15.5. The van der Waals surface area contributed by atoms with Crippen LogP contribution in [0.3, 0.4) is 0 Å². The highest BCUT2D eigenvalue weighted by Gasteiger charge is 2.33. The Labute approximate surface area is 288 Å². The number of nitrogens with zero attached hydrogens (tertiary/aromatic N) is 6. The standard InChI is InChI=1S/C38H38FN7O4/c39-30-14-25(24-5-6-24)15-34-35(30)38(48)46(12-13-50-34)33-3-1-2-27(29(33)19-47)36-28-16-32(43-37(28)42-22-41-36)31-7-4-23(17-40-31)18-44-8-10-45(11-9-44)26-20-49-21-26/h1-4,7,14-17,22,24,26,47H,5-6,8-13,18-21H2,(H,41,42,43). The zero-order valence-electron chi connectivity index (χ0n) is 27.6. The number of hydrogen-bond donors (Lipinski definition) is 2. The second-order valence-corrected chi connectivity index (χ2v) is 13.6. The molecular formula is C38H38FN7O4. The van der Waals surface area contributed by atoms with Crippen LogP contribution in [-0.2, 0) is 17.9 Å². The molecule has 9 rings (SSSR count). The summed E-state index contributed by atoms with van der Waals surface area (Å²) < 4.78 is 26.7. The first-order valence-electron chi connectivity index (χ1n) is 17.4. The van der Waals surface area contributed by atoms with E-state index in [9.17, 15) is 9.90 Å². The summed E-state index contributed by atoms with van der Waals surface area (Å²) in [6.45, 7) is 6.79. The molecule has 5 aromatic rings. The monoisotopic (exact) mass is 675 g/mol. The normalized spacial score (nSPS) is 18.9. The number of pyridine rings is 1. The molecule has 0 atom stereocenters. The number of halogens is 1. The quantitative estimate of drug-likeness (QED) is 0.240. The van der Waals surface area contributed by atoms with Crippen molar-refractivity contribution in [2.75, 3.05) is 57.4 Å². The van der Waals surface area contributed by atoms with Crippen molar-refractivity contribution in [3.63, 3.8) is 0 Å². The van der Waals surface area contributed by atoms with Gasteiger partial charge in [0.1, 0.15) is 35.7 Å². The lowest BCUT2D eigenvalue weighted by molar-refractivity contribution is -0.0774. The van der Waals surface area contributed by atoms with Crippen molar-refractivity contribution in [1.82, 2.24) is 29.7 Å². The molecule has 11 nitrogen and oxygen atoms in total. The Balaban J connectivity index is 0.980. The van der Waals surface area contributed by atoms with Gasteiger partial charge in [0.05, 0.1) is 55.2 Å². The fraction of sp³-hybridized carbons (Fsp3) is 0.368. The molecule has 0 spiro atoms. The van der Waals surface area contributed by atoms with Crippen LogP contribution in [0.15, 0.2) is 61.1 Å². The number of aliphatic hydroxyl groups excluding tert-OH is 1. The topological polar surface area (TPSA) is 120 Å². The van der Waals surface area contributed by atoms with E-state index >= 15 is 4.39 Å². The number of benzene rings is 2. The number of ether oxygens (including phenoxy) is 2. The molecule has 0 radical (unpaired) electrons. The van der Waals surface area contributed by atoms with Crippen molar-refractivity contribution < 1.29 is 23.8 Å². The molecule has 2 N–H and O–H groups in total. The molecule has 1 aliphatic carbocycles. The first kappa shape index (κ1) is 31.2. The molecule has 12 heteroatoms. The summed E-state index contributed by atoms with van der Waals surface area (Å²) in [4.78, 5) is 37.7. The predicted octanol–water partition coefficient (Wildman–Crippen LogP) is 4.75. The molecule has 6 heterocycles. The van der Waals surface area contributed by atoms with E-state index in [1.54, 1.807) is 12.1 Å². The molecule has 3 fully saturated rings. The van der Waals surface area contributed by atoms with Gasteiger partial charge in [0, 0.05) is 55.4 Å². The molecule has 3 aromatic heterocycles. The van der Waals surface area contributed by atoms with E-state index in [1.807, 2.05) is 30.5 Å². The van der Waals surface area contributed by atoms with Gasteiger partial charge in [-0.1, -0.05) is 18.2 Å². The Morgan fingerprint density at radius 1 is 0.980 bits per heavy atom. The van der Waals surface area contributed by atoms with Gasteiger partial charge in [0.25, 0.3) is 5.91 Å². The minimum atomic E-state index is -0.583. The van der Waals surface area contributed by atoms with Crippen LogP contribution in [0.25, 0.3) is 33.7 Å². The summed E-state index contributed by atoms with van der Waals surface area (Å²) in [5, 5.41) is 11.5. The molecule has 2 saturated heterocycles. The molecule has 4 aliphatic rings. The summed E-state index contributed by atoms with van der Waals surface area (Å²) in [5.74, 6) is -0.483. The van der Waals surface area contributed by atoms with Gasteiger partial charge in [0.15, 0.2) is 0 Å². The van der Waals surface area contributed by atoms with E-state index in [2.05, 4.69) is 30.8 Å². The number of carbonyl (C=O) groups excluding carboxylic acids is 1. The summed E-state index contributed by atoms with van der Waals surface area (Å²) in [6.07, 6.45) is 5.45. The van der Waals surface area contributed by atoms with Gasteiger partial charge >= 0.3 is 0 Å². The second kappa shape index (κ2) is 12.9. The van der Waals surface area contributed by atoms with E-state index in [0.29, 0.717) is 40.1 Å². The number of H-pyrrole nitrogens is 1. The number of aliphatic hydroxyl groups is 1. The van der Waals surface area contributed by atoms with Gasteiger partial charge in [-0.3, -0.25) is 19.6 Å². The Hall–Kier alpha value is -4.75. The maximum Gasteiger partial charge on any atom is 0.265 e. The average molecular weight is 676 g/mol.